The van der Waals surface area contributed by atoms with Gasteiger partial charge < -0.3 is 20.4 Å². The number of fused-ring (bicyclic) bond motifs is 4. The van der Waals surface area contributed by atoms with Crippen molar-refractivity contribution in [2.24, 2.45) is 12.8 Å². The highest BCUT2D eigenvalue weighted by Crippen LogP contribution is 2.42. The summed E-state index contributed by atoms with van der Waals surface area (Å²) in [4.78, 5) is 23.9. The van der Waals surface area contributed by atoms with Crippen molar-refractivity contribution in [2.45, 2.75) is 50.9 Å². The molecule has 2 fully saturated rings. The summed E-state index contributed by atoms with van der Waals surface area (Å²) >= 11 is 6.88. The zero-order valence-corrected chi connectivity index (χ0v) is 19.6. The molecule has 3 aromatic heterocycles. The van der Waals surface area contributed by atoms with Crippen LogP contribution in [-0.2, 0) is 13.6 Å². The number of halogens is 1. The lowest BCUT2D eigenvalue weighted by Crippen LogP contribution is -2.40. The molecule has 3 atom stereocenters. The van der Waals surface area contributed by atoms with Crippen molar-refractivity contribution >= 4 is 39.5 Å². The lowest BCUT2D eigenvalue weighted by molar-refractivity contribution is 0.368. The lowest BCUT2D eigenvalue weighted by Gasteiger charge is -2.25. The number of benzene rings is 1. The van der Waals surface area contributed by atoms with E-state index in [1.807, 2.05) is 19.1 Å². The average Bonchev–Trinajstić information content (AvgIpc) is 3.56. The Morgan fingerprint density at radius 1 is 1.27 bits per heavy atom. The smallest absolute Gasteiger partial charge is 0.264 e. The number of H-pyrrole nitrogens is 1. The van der Waals surface area contributed by atoms with Gasteiger partial charge in [0.25, 0.3) is 5.56 Å². The molecule has 9 nitrogen and oxygen atoms in total. The van der Waals surface area contributed by atoms with Gasteiger partial charge in [-0.3, -0.25) is 9.36 Å². The lowest BCUT2D eigenvalue weighted by atomic mass is 9.97. The van der Waals surface area contributed by atoms with Crippen LogP contribution < -0.4 is 20.9 Å². The van der Waals surface area contributed by atoms with E-state index in [2.05, 4.69) is 15.0 Å². The molecule has 4 aromatic rings. The molecule has 0 saturated carbocycles. The zero-order chi connectivity index (χ0) is 23.0. The van der Waals surface area contributed by atoms with Crippen LogP contribution in [0.5, 0.6) is 5.88 Å². The molecule has 0 amide bonds. The summed E-state index contributed by atoms with van der Waals surface area (Å²) in [5, 5.41) is 6.31. The van der Waals surface area contributed by atoms with Crippen molar-refractivity contribution < 1.29 is 4.74 Å². The third kappa shape index (κ3) is 2.72. The number of anilines is 1. The molecule has 10 heteroatoms. The maximum absolute atomic E-state index is 13.6. The second kappa shape index (κ2) is 7.23. The van der Waals surface area contributed by atoms with Gasteiger partial charge in [-0.1, -0.05) is 17.7 Å². The molecule has 2 bridgehead atoms. The summed E-state index contributed by atoms with van der Waals surface area (Å²) < 4.78 is 9.01. The van der Waals surface area contributed by atoms with Crippen LogP contribution in [0.25, 0.3) is 33.1 Å². The Kier molecular flexibility index (Phi) is 4.50. The van der Waals surface area contributed by atoms with Crippen LogP contribution in [0.1, 0.15) is 26.2 Å². The van der Waals surface area contributed by atoms with Gasteiger partial charge in [-0.25, -0.2) is 4.68 Å². The number of aromatic nitrogens is 5. The Bertz CT molecular complexity index is 1470. The number of ether oxygens (including phenoxy) is 1. The second-order valence-corrected chi connectivity index (χ2v) is 9.33. The van der Waals surface area contributed by atoms with E-state index in [4.69, 9.17) is 27.1 Å². The fourth-order valence-corrected chi connectivity index (χ4v) is 6.07. The summed E-state index contributed by atoms with van der Waals surface area (Å²) in [6.07, 6.45) is 4.87. The number of hydrogen-bond donors (Lipinski definition) is 2. The fourth-order valence-electron chi connectivity index (χ4n) is 5.73. The van der Waals surface area contributed by atoms with Crippen LogP contribution in [0.3, 0.4) is 0 Å². The molecule has 2 saturated heterocycles. The minimum Gasteiger partial charge on any atom is -0.481 e. The van der Waals surface area contributed by atoms with Crippen LogP contribution in [0.15, 0.2) is 23.1 Å². The van der Waals surface area contributed by atoms with Gasteiger partial charge in [0.15, 0.2) is 0 Å². The first-order valence-electron chi connectivity index (χ1n) is 11.3. The van der Waals surface area contributed by atoms with Gasteiger partial charge >= 0.3 is 0 Å². The standard InChI is InChI=1S/C23H26ClN7O2/c1-4-30-22(33-3)18-15(28-30)7-6-12(19(18)24)13-10-26-20-17(13)21(32)29(2)23(27-20)31-11-5-8-16(31)14(25)9-11/h6-7,10-11,14,16,26H,4-5,8-9,25H2,1-3H3/t11-,14+,16+/m0/s1. The van der Waals surface area contributed by atoms with E-state index >= 15 is 0 Å². The van der Waals surface area contributed by atoms with Gasteiger partial charge in [-0.15, -0.1) is 0 Å². The number of aromatic amines is 1. The molecule has 0 radical (unpaired) electrons. The maximum atomic E-state index is 13.6. The van der Waals surface area contributed by atoms with Crippen molar-refractivity contribution in [1.29, 1.82) is 0 Å². The van der Waals surface area contributed by atoms with Crippen LogP contribution in [-0.4, -0.2) is 49.6 Å². The number of methoxy groups -OCH3 is 1. The number of nitrogens with one attached hydrogen (secondary N) is 1. The monoisotopic (exact) mass is 467 g/mol. The fraction of sp³-hybridized carbons (Fsp3) is 0.435. The van der Waals surface area contributed by atoms with Gasteiger partial charge in [-0.2, -0.15) is 10.1 Å². The van der Waals surface area contributed by atoms with Gasteiger partial charge in [-0.05, 0) is 32.3 Å². The van der Waals surface area contributed by atoms with Gasteiger partial charge in [0.2, 0.25) is 11.8 Å². The summed E-state index contributed by atoms with van der Waals surface area (Å²) in [7, 11) is 3.39. The Labute approximate surface area is 195 Å². The third-order valence-corrected chi connectivity index (χ3v) is 7.68. The van der Waals surface area contributed by atoms with Crippen molar-refractivity contribution in [3.05, 3.63) is 33.7 Å². The Morgan fingerprint density at radius 2 is 2.09 bits per heavy atom. The van der Waals surface area contributed by atoms with Crippen LogP contribution >= 0.6 is 11.6 Å². The number of nitrogens with zero attached hydrogens (tertiary/aromatic N) is 5. The van der Waals surface area contributed by atoms with Crippen LogP contribution in [0, 0.1) is 0 Å². The third-order valence-electron chi connectivity index (χ3n) is 7.29. The molecule has 1 aromatic carbocycles. The number of hydrogen-bond acceptors (Lipinski definition) is 6. The predicted octanol–water partition coefficient (Wildman–Crippen LogP) is 3.03. The highest BCUT2D eigenvalue weighted by molar-refractivity contribution is 6.39. The minimum absolute atomic E-state index is 0.112. The molecule has 0 unspecified atom stereocenters. The molecule has 2 aliphatic rings. The summed E-state index contributed by atoms with van der Waals surface area (Å²) in [6.45, 7) is 2.65. The number of aryl methyl sites for hydroxylation is 1. The summed E-state index contributed by atoms with van der Waals surface area (Å²) in [5.74, 6) is 1.28. The number of nitrogens with two attached hydrogens (primary N) is 1. The maximum Gasteiger partial charge on any atom is 0.264 e. The molecule has 3 N–H and O–H groups in total. The molecule has 5 heterocycles. The van der Waals surface area contributed by atoms with E-state index in [0.29, 0.717) is 46.0 Å². The minimum atomic E-state index is -0.112. The van der Waals surface area contributed by atoms with Crippen molar-refractivity contribution in [1.82, 2.24) is 24.3 Å². The molecular weight excluding hydrogens is 442 g/mol. The number of rotatable bonds is 4. The Morgan fingerprint density at radius 3 is 2.76 bits per heavy atom. The zero-order valence-electron chi connectivity index (χ0n) is 18.8. The first-order valence-corrected chi connectivity index (χ1v) is 11.7. The SMILES string of the molecule is CCn1nc2ccc(-c3c[nH]c4nc(N5[C@H]6CC[C@@H]5[C@H](N)C6)n(C)c(=O)c34)c(Cl)c2c1OC. The molecule has 172 valence electrons. The van der Waals surface area contributed by atoms with Gasteiger partial charge in [0.05, 0.1) is 28.4 Å². The van der Waals surface area contributed by atoms with E-state index in [1.54, 1.807) is 29.6 Å². The Hall–Kier alpha value is -3.04. The average molecular weight is 468 g/mol. The van der Waals surface area contributed by atoms with Gasteiger partial charge in [0.1, 0.15) is 5.65 Å². The molecular formula is C23H26ClN7O2. The highest BCUT2D eigenvalue weighted by Gasteiger charge is 2.46. The van der Waals surface area contributed by atoms with E-state index in [1.165, 1.54) is 0 Å². The van der Waals surface area contributed by atoms with Crippen molar-refractivity contribution in [3.63, 3.8) is 0 Å². The largest absolute Gasteiger partial charge is 0.481 e. The predicted molar refractivity (Wildman–Crippen MR) is 129 cm³/mol. The van der Waals surface area contributed by atoms with Crippen molar-refractivity contribution in [3.8, 4) is 17.0 Å². The molecule has 33 heavy (non-hydrogen) atoms. The topological polar surface area (TPSA) is 107 Å². The van der Waals surface area contributed by atoms with Gasteiger partial charge in [0, 0.05) is 49.0 Å². The Balaban J connectivity index is 1.54. The first-order chi connectivity index (χ1) is 15.9. The summed E-state index contributed by atoms with van der Waals surface area (Å²) in [6, 6.07) is 4.50. The normalized spacial score (nSPS) is 22.2. The molecule has 2 aliphatic heterocycles. The van der Waals surface area contributed by atoms with Crippen molar-refractivity contribution in [2.75, 3.05) is 12.0 Å². The van der Waals surface area contributed by atoms with Crippen LogP contribution in [0.4, 0.5) is 5.95 Å². The van der Waals surface area contributed by atoms with E-state index in [-0.39, 0.29) is 17.6 Å². The highest BCUT2D eigenvalue weighted by atomic mass is 35.5. The van der Waals surface area contributed by atoms with E-state index < -0.39 is 0 Å². The van der Waals surface area contributed by atoms with Crippen LogP contribution in [0.2, 0.25) is 5.02 Å². The quantitative estimate of drug-likeness (QED) is 0.477. The van der Waals surface area contributed by atoms with E-state index in [9.17, 15) is 4.79 Å². The molecule has 6 rings (SSSR count). The second-order valence-electron chi connectivity index (χ2n) is 8.95. The molecule has 0 aliphatic carbocycles. The molecule has 0 spiro atoms. The first kappa shape index (κ1) is 20.6. The summed E-state index contributed by atoms with van der Waals surface area (Å²) in [5.41, 5.74) is 8.96. The van der Waals surface area contributed by atoms with E-state index in [0.717, 1.165) is 35.7 Å².